The van der Waals surface area contributed by atoms with Crippen LogP contribution in [0.15, 0.2) is 24.3 Å². The first-order valence-electron chi connectivity index (χ1n) is 5.34. The van der Waals surface area contributed by atoms with Crippen LogP contribution in [-0.4, -0.2) is 17.2 Å². The van der Waals surface area contributed by atoms with Gasteiger partial charge in [-0.25, -0.2) is 0 Å². The highest BCUT2D eigenvalue weighted by Crippen LogP contribution is 2.39. The molecule has 1 spiro atoms. The van der Waals surface area contributed by atoms with Crippen LogP contribution in [0.1, 0.15) is 17.5 Å². The SMILES string of the molecule is c1ccc2c(c1)CC[C@]1(C2)NCCS1. The van der Waals surface area contributed by atoms with Crippen LogP contribution in [0.2, 0.25) is 0 Å². The lowest BCUT2D eigenvalue weighted by Crippen LogP contribution is -2.42. The number of benzene rings is 1. The summed E-state index contributed by atoms with van der Waals surface area (Å²) in [6.07, 6.45) is 3.76. The monoisotopic (exact) mass is 205 g/mol. The van der Waals surface area contributed by atoms with E-state index in [1.54, 1.807) is 11.1 Å². The van der Waals surface area contributed by atoms with Gasteiger partial charge in [0.2, 0.25) is 0 Å². The van der Waals surface area contributed by atoms with Crippen molar-refractivity contribution in [2.75, 3.05) is 12.3 Å². The molecule has 0 amide bonds. The van der Waals surface area contributed by atoms with E-state index in [2.05, 4.69) is 41.3 Å². The van der Waals surface area contributed by atoms with E-state index in [-0.39, 0.29) is 0 Å². The summed E-state index contributed by atoms with van der Waals surface area (Å²) in [5.74, 6) is 1.28. The van der Waals surface area contributed by atoms with Gasteiger partial charge in [0.05, 0.1) is 4.87 Å². The lowest BCUT2D eigenvalue weighted by molar-refractivity contribution is 0.444. The maximum atomic E-state index is 3.68. The van der Waals surface area contributed by atoms with E-state index in [1.807, 2.05) is 0 Å². The third kappa shape index (κ3) is 1.37. The number of rotatable bonds is 0. The smallest absolute Gasteiger partial charge is 0.0689 e. The third-order valence-corrected chi connectivity index (χ3v) is 4.77. The van der Waals surface area contributed by atoms with Crippen molar-refractivity contribution in [1.29, 1.82) is 0 Å². The van der Waals surface area contributed by atoms with Crippen molar-refractivity contribution in [2.45, 2.75) is 24.1 Å². The van der Waals surface area contributed by atoms with Crippen LogP contribution in [0.5, 0.6) is 0 Å². The molecule has 1 nitrogen and oxygen atoms in total. The molecule has 1 fully saturated rings. The maximum Gasteiger partial charge on any atom is 0.0689 e. The van der Waals surface area contributed by atoms with Gasteiger partial charge in [-0.15, -0.1) is 11.8 Å². The van der Waals surface area contributed by atoms with E-state index in [0.29, 0.717) is 4.87 Å². The number of thioether (sulfide) groups is 1. The van der Waals surface area contributed by atoms with Crippen molar-refractivity contribution in [3.8, 4) is 0 Å². The Morgan fingerprint density at radius 3 is 2.86 bits per heavy atom. The summed E-state index contributed by atoms with van der Waals surface area (Å²) in [6, 6.07) is 8.89. The van der Waals surface area contributed by atoms with Crippen molar-refractivity contribution >= 4 is 11.8 Å². The maximum absolute atomic E-state index is 3.68. The first kappa shape index (κ1) is 8.81. The molecule has 1 heterocycles. The summed E-state index contributed by atoms with van der Waals surface area (Å²) in [5, 5.41) is 3.68. The Hall–Kier alpha value is -0.470. The van der Waals surface area contributed by atoms with Gasteiger partial charge >= 0.3 is 0 Å². The van der Waals surface area contributed by atoms with Gasteiger partial charge in [-0.2, -0.15) is 0 Å². The summed E-state index contributed by atoms with van der Waals surface area (Å²) < 4.78 is 0. The summed E-state index contributed by atoms with van der Waals surface area (Å²) in [5.41, 5.74) is 3.12. The zero-order valence-corrected chi connectivity index (χ0v) is 9.07. The molecular formula is C12H15NS. The van der Waals surface area contributed by atoms with Crippen LogP contribution < -0.4 is 5.32 Å². The molecule has 74 valence electrons. The molecule has 1 N–H and O–H groups in total. The van der Waals surface area contributed by atoms with E-state index in [4.69, 9.17) is 0 Å². The van der Waals surface area contributed by atoms with E-state index in [1.165, 1.54) is 31.6 Å². The molecule has 0 saturated carbocycles. The second-order valence-electron chi connectivity index (χ2n) is 4.22. The largest absolute Gasteiger partial charge is 0.302 e. The Bertz CT molecular complexity index is 342. The van der Waals surface area contributed by atoms with Crippen molar-refractivity contribution in [2.24, 2.45) is 0 Å². The minimum atomic E-state index is 0.383. The highest BCUT2D eigenvalue weighted by molar-refractivity contribution is 8.00. The zero-order valence-electron chi connectivity index (χ0n) is 8.25. The number of hydrogen-bond donors (Lipinski definition) is 1. The van der Waals surface area contributed by atoms with Crippen LogP contribution >= 0.6 is 11.8 Å². The standard InChI is InChI=1S/C12H15NS/c1-2-4-11-9-12(13-7-8-14-12)6-5-10(11)3-1/h1-4,13H,5-9H2/t12-/m0/s1. The molecule has 0 unspecified atom stereocenters. The Morgan fingerprint density at radius 1 is 1.21 bits per heavy atom. The number of hydrogen-bond acceptors (Lipinski definition) is 2. The Labute approximate surface area is 89.3 Å². The summed E-state index contributed by atoms with van der Waals surface area (Å²) in [4.78, 5) is 0.383. The normalized spacial score (nSPS) is 30.6. The molecule has 2 heteroatoms. The molecule has 0 radical (unpaired) electrons. The predicted octanol–water partition coefficient (Wildman–Crippen LogP) is 2.21. The molecule has 1 atom stereocenters. The zero-order chi connectivity index (χ0) is 9.43. The molecule has 2 aliphatic rings. The molecule has 0 aromatic heterocycles. The minimum absolute atomic E-state index is 0.383. The lowest BCUT2D eigenvalue weighted by atomic mass is 9.88. The van der Waals surface area contributed by atoms with Gasteiger partial charge in [-0.3, -0.25) is 0 Å². The molecule has 3 rings (SSSR count). The average molecular weight is 205 g/mol. The lowest BCUT2D eigenvalue weighted by Gasteiger charge is -2.34. The van der Waals surface area contributed by atoms with Crippen LogP contribution in [-0.2, 0) is 12.8 Å². The first-order valence-corrected chi connectivity index (χ1v) is 6.32. The Balaban J connectivity index is 1.92. The highest BCUT2D eigenvalue weighted by Gasteiger charge is 2.37. The predicted molar refractivity (Wildman–Crippen MR) is 61.7 cm³/mol. The van der Waals surface area contributed by atoms with Crippen molar-refractivity contribution in [3.05, 3.63) is 35.4 Å². The molecule has 1 aromatic rings. The van der Waals surface area contributed by atoms with Crippen molar-refractivity contribution < 1.29 is 0 Å². The Morgan fingerprint density at radius 2 is 2.07 bits per heavy atom. The van der Waals surface area contributed by atoms with E-state index >= 15 is 0 Å². The number of aryl methyl sites for hydroxylation is 1. The molecule has 0 bridgehead atoms. The highest BCUT2D eigenvalue weighted by atomic mass is 32.2. The van der Waals surface area contributed by atoms with Crippen molar-refractivity contribution in [3.63, 3.8) is 0 Å². The van der Waals surface area contributed by atoms with Gasteiger partial charge < -0.3 is 5.32 Å². The fourth-order valence-corrected chi connectivity index (χ4v) is 3.86. The quantitative estimate of drug-likeness (QED) is 0.697. The number of fused-ring (bicyclic) bond motifs is 1. The first-order chi connectivity index (χ1) is 6.88. The van der Waals surface area contributed by atoms with Gasteiger partial charge in [-0.1, -0.05) is 24.3 Å². The minimum Gasteiger partial charge on any atom is -0.302 e. The van der Waals surface area contributed by atoms with Crippen LogP contribution in [0.25, 0.3) is 0 Å². The molecule has 14 heavy (non-hydrogen) atoms. The molecule has 1 aromatic carbocycles. The summed E-state index contributed by atoms with van der Waals surface area (Å²) in [6.45, 7) is 1.19. The van der Waals surface area contributed by atoms with Gasteiger partial charge in [0.25, 0.3) is 0 Å². The Kier molecular flexibility index (Phi) is 2.06. The van der Waals surface area contributed by atoms with Crippen LogP contribution in [0, 0.1) is 0 Å². The second kappa shape index (κ2) is 3.28. The fraction of sp³-hybridized carbons (Fsp3) is 0.500. The topological polar surface area (TPSA) is 12.0 Å². The van der Waals surface area contributed by atoms with Gasteiger partial charge in [-0.05, 0) is 24.0 Å². The van der Waals surface area contributed by atoms with Crippen molar-refractivity contribution in [1.82, 2.24) is 5.32 Å². The fourth-order valence-electron chi connectivity index (χ4n) is 2.56. The van der Waals surface area contributed by atoms with Gasteiger partial charge in [0, 0.05) is 18.7 Å². The number of nitrogens with one attached hydrogen (secondary N) is 1. The van der Waals surface area contributed by atoms with E-state index in [9.17, 15) is 0 Å². The molecule has 1 aliphatic carbocycles. The molecular weight excluding hydrogens is 190 g/mol. The summed E-state index contributed by atoms with van der Waals surface area (Å²) in [7, 11) is 0. The summed E-state index contributed by atoms with van der Waals surface area (Å²) >= 11 is 2.12. The van der Waals surface area contributed by atoms with E-state index in [0.717, 1.165) is 0 Å². The van der Waals surface area contributed by atoms with Crippen LogP contribution in [0.3, 0.4) is 0 Å². The second-order valence-corrected chi connectivity index (χ2v) is 5.69. The average Bonchev–Trinajstić information content (AvgIpc) is 2.66. The molecule has 1 saturated heterocycles. The van der Waals surface area contributed by atoms with Crippen LogP contribution in [0.4, 0.5) is 0 Å². The van der Waals surface area contributed by atoms with Gasteiger partial charge in [0.1, 0.15) is 0 Å². The third-order valence-electron chi connectivity index (χ3n) is 3.32. The molecule has 1 aliphatic heterocycles. The van der Waals surface area contributed by atoms with Gasteiger partial charge in [0.15, 0.2) is 0 Å². The van der Waals surface area contributed by atoms with E-state index < -0.39 is 0 Å².